The number of primary amides is 1. The molecule has 0 radical (unpaired) electrons. The van der Waals surface area contributed by atoms with Crippen LogP contribution in [0.1, 0.15) is 19.3 Å². The second-order valence-electron chi connectivity index (χ2n) is 3.81. The van der Waals surface area contributed by atoms with E-state index in [4.69, 9.17) is 5.73 Å². The van der Waals surface area contributed by atoms with Crippen LogP contribution in [0.5, 0.6) is 0 Å². The Morgan fingerprint density at radius 2 is 2.06 bits per heavy atom. The average molecular weight is 253 g/mol. The number of hydrogen-bond acceptors (Lipinski definition) is 2. The van der Waals surface area contributed by atoms with Crippen LogP contribution in [0.4, 0.5) is 14.9 Å². The van der Waals surface area contributed by atoms with Gasteiger partial charge in [0.15, 0.2) is 0 Å². The fourth-order valence-electron chi connectivity index (χ4n) is 1.41. The molecule has 0 atom stereocenters. The Bertz CT molecular complexity index is 424. The lowest BCUT2D eigenvalue weighted by molar-refractivity contribution is -0.116. The van der Waals surface area contributed by atoms with Crippen LogP contribution in [0, 0.1) is 5.82 Å². The zero-order valence-electron chi connectivity index (χ0n) is 9.91. The zero-order chi connectivity index (χ0) is 13.4. The van der Waals surface area contributed by atoms with Gasteiger partial charge in [0.25, 0.3) is 0 Å². The Morgan fingerprint density at radius 3 is 2.72 bits per heavy atom. The first-order chi connectivity index (χ1) is 8.58. The predicted molar refractivity (Wildman–Crippen MR) is 66.5 cm³/mol. The van der Waals surface area contributed by atoms with E-state index in [9.17, 15) is 14.0 Å². The van der Waals surface area contributed by atoms with E-state index in [2.05, 4.69) is 10.6 Å². The molecule has 0 saturated carbocycles. The predicted octanol–water partition coefficient (Wildman–Crippen LogP) is 1.60. The van der Waals surface area contributed by atoms with Crippen molar-refractivity contribution in [3.8, 4) is 0 Å². The maximum atomic E-state index is 12.8. The van der Waals surface area contributed by atoms with E-state index < -0.39 is 11.8 Å². The van der Waals surface area contributed by atoms with E-state index in [0.29, 0.717) is 31.5 Å². The molecule has 0 aliphatic rings. The Kier molecular flexibility index (Phi) is 5.63. The number of urea groups is 1. The summed E-state index contributed by atoms with van der Waals surface area (Å²) in [6.07, 6.45) is 1.61. The average Bonchev–Trinajstić information content (AvgIpc) is 2.28. The summed E-state index contributed by atoms with van der Waals surface area (Å²) in [7, 11) is 0. The molecular weight excluding hydrogens is 237 g/mol. The van der Waals surface area contributed by atoms with E-state index in [0.717, 1.165) is 0 Å². The fourth-order valence-corrected chi connectivity index (χ4v) is 1.41. The van der Waals surface area contributed by atoms with Crippen molar-refractivity contribution < 1.29 is 14.0 Å². The summed E-state index contributed by atoms with van der Waals surface area (Å²) < 4.78 is 12.8. The summed E-state index contributed by atoms with van der Waals surface area (Å²) in [5, 5.41) is 5.03. The van der Waals surface area contributed by atoms with Crippen LogP contribution >= 0.6 is 0 Å². The molecule has 0 aliphatic heterocycles. The van der Waals surface area contributed by atoms with E-state index in [1.54, 1.807) is 6.07 Å². The number of benzene rings is 1. The number of amides is 3. The largest absolute Gasteiger partial charge is 0.352 e. The van der Waals surface area contributed by atoms with Crippen molar-refractivity contribution in [1.82, 2.24) is 5.32 Å². The summed E-state index contributed by atoms with van der Waals surface area (Å²) in [6.45, 7) is 0.447. The SMILES string of the molecule is NC(=O)NCCCCC(=O)Nc1cccc(F)c1. The third-order valence-electron chi connectivity index (χ3n) is 2.24. The van der Waals surface area contributed by atoms with Crippen LogP contribution in [0.15, 0.2) is 24.3 Å². The standard InChI is InChI=1S/C12H16FN3O2/c13-9-4-3-5-10(8-9)16-11(17)6-1-2-7-15-12(14)18/h3-5,8H,1-2,6-7H2,(H,16,17)(H3,14,15,18). The highest BCUT2D eigenvalue weighted by atomic mass is 19.1. The van der Waals surface area contributed by atoms with Crippen molar-refractivity contribution in [1.29, 1.82) is 0 Å². The third kappa shape index (κ3) is 5.83. The highest BCUT2D eigenvalue weighted by Crippen LogP contribution is 2.09. The van der Waals surface area contributed by atoms with Crippen LogP contribution in [0.2, 0.25) is 0 Å². The molecule has 1 rings (SSSR count). The second-order valence-corrected chi connectivity index (χ2v) is 3.81. The molecule has 5 nitrogen and oxygen atoms in total. The lowest BCUT2D eigenvalue weighted by atomic mass is 10.2. The molecule has 0 unspecified atom stereocenters. The van der Waals surface area contributed by atoms with Crippen molar-refractivity contribution in [2.45, 2.75) is 19.3 Å². The van der Waals surface area contributed by atoms with Gasteiger partial charge in [-0.05, 0) is 31.0 Å². The number of rotatable bonds is 6. The number of hydrogen-bond donors (Lipinski definition) is 3. The molecule has 18 heavy (non-hydrogen) atoms. The maximum absolute atomic E-state index is 12.8. The number of halogens is 1. The Labute approximate surface area is 105 Å². The van der Waals surface area contributed by atoms with Crippen LogP contribution in [-0.2, 0) is 4.79 Å². The van der Waals surface area contributed by atoms with Gasteiger partial charge in [-0.2, -0.15) is 0 Å². The van der Waals surface area contributed by atoms with Crippen molar-refractivity contribution >= 4 is 17.6 Å². The van der Waals surface area contributed by atoms with Gasteiger partial charge in [-0.15, -0.1) is 0 Å². The molecule has 98 valence electrons. The minimum atomic E-state index is -0.570. The molecule has 1 aromatic carbocycles. The number of nitrogens with one attached hydrogen (secondary N) is 2. The molecule has 1 aromatic rings. The first-order valence-corrected chi connectivity index (χ1v) is 5.66. The van der Waals surface area contributed by atoms with Crippen LogP contribution in [0.25, 0.3) is 0 Å². The maximum Gasteiger partial charge on any atom is 0.312 e. The number of carbonyl (C=O) groups is 2. The number of carbonyl (C=O) groups excluding carboxylic acids is 2. The van der Waals surface area contributed by atoms with Gasteiger partial charge in [0, 0.05) is 18.7 Å². The van der Waals surface area contributed by atoms with Gasteiger partial charge < -0.3 is 16.4 Å². The molecule has 0 saturated heterocycles. The van der Waals surface area contributed by atoms with Crippen LogP contribution < -0.4 is 16.4 Å². The highest BCUT2D eigenvalue weighted by Gasteiger charge is 2.03. The monoisotopic (exact) mass is 253 g/mol. The molecular formula is C12H16FN3O2. The summed E-state index contributed by atoms with van der Waals surface area (Å²) >= 11 is 0. The topological polar surface area (TPSA) is 84.2 Å². The fraction of sp³-hybridized carbons (Fsp3) is 0.333. The lowest BCUT2D eigenvalue weighted by Gasteiger charge is -2.05. The molecule has 0 aliphatic carbocycles. The number of nitrogens with two attached hydrogens (primary N) is 1. The Balaban J connectivity index is 2.20. The first-order valence-electron chi connectivity index (χ1n) is 5.66. The molecule has 3 amide bonds. The van der Waals surface area contributed by atoms with Crippen molar-refractivity contribution in [3.63, 3.8) is 0 Å². The Hall–Kier alpha value is -2.11. The van der Waals surface area contributed by atoms with Crippen molar-refractivity contribution in [3.05, 3.63) is 30.1 Å². The third-order valence-corrected chi connectivity index (χ3v) is 2.24. The van der Waals surface area contributed by atoms with Gasteiger partial charge in [0.05, 0.1) is 0 Å². The summed E-state index contributed by atoms with van der Waals surface area (Å²) in [5.74, 6) is -0.571. The smallest absolute Gasteiger partial charge is 0.312 e. The minimum absolute atomic E-state index is 0.181. The van der Waals surface area contributed by atoms with E-state index in [-0.39, 0.29) is 5.91 Å². The number of anilines is 1. The van der Waals surface area contributed by atoms with Crippen molar-refractivity contribution in [2.24, 2.45) is 5.73 Å². The highest BCUT2D eigenvalue weighted by molar-refractivity contribution is 5.90. The second kappa shape index (κ2) is 7.26. The van der Waals surface area contributed by atoms with Crippen LogP contribution in [-0.4, -0.2) is 18.5 Å². The summed E-state index contributed by atoms with van der Waals surface area (Å²) in [6, 6.07) is 5.15. The molecule has 0 spiro atoms. The van der Waals surface area contributed by atoms with Gasteiger partial charge in [-0.25, -0.2) is 9.18 Å². The van der Waals surface area contributed by atoms with Crippen molar-refractivity contribution in [2.75, 3.05) is 11.9 Å². The van der Waals surface area contributed by atoms with Gasteiger partial charge >= 0.3 is 6.03 Å². The quantitative estimate of drug-likeness (QED) is 0.673. The van der Waals surface area contributed by atoms with E-state index in [1.165, 1.54) is 18.2 Å². The molecule has 6 heteroatoms. The zero-order valence-corrected chi connectivity index (χ0v) is 9.91. The molecule has 0 bridgehead atoms. The Morgan fingerprint density at radius 1 is 1.28 bits per heavy atom. The number of unbranched alkanes of at least 4 members (excludes halogenated alkanes) is 1. The molecule has 4 N–H and O–H groups in total. The summed E-state index contributed by atoms with van der Waals surface area (Å²) in [4.78, 5) is 21.8. The van der Waals surface area contributed by atoms with Crippen LogP contribution in [0.3, 0.4) is 0 Å². The van der Waals surface area contributed by atoms with Gasteiger partial charge in [0.2, 0.25) is 5.91 Å². The summed E-state index contributed by atoms with van der Waals surface area (Å²) in [5.41, 5.74) is 5.33. The van der Waals surface area contributed by atoms with E-state index >= 15 is 0 Å². The first kappa shape index (κ1) is 14.0. The molecule has 0 fully saturated rings. The van der Waals surface area contributed by atoms with E-state index in [1.807, 2.05) is 0 Å². The van der Waals surface area contributed by atoms with Gasteiger partial charge in [-0.1, -0.05) is 6.07 Å². The minimum Gasteiger partial charge on any atom is -0.352 e. The normalized spacial score (nSPS) is 9.83. The lowest BCUT2D eigenvalue weighted by Crippen LogP contribution is -2.30. The molecule has 0 heterocycles. The molecule has 0 aromatic heterocycles. The van der Waals surface area contributed by atoms with Gasteiger partial charge in [0.1, 0.15) is 5.82 Å². The van der Waals surface area contributed by atoms with Gasteiger partial charge in [-0.3, -0.25) is 4.79 Å².